The van der Waals surface area contributed by atoms with E-state index in [9.17, 15) is 14.4 Å². The number of carbonyl (C=O) groups is 3. The van der Waals surface area contributed by atoms with E-state index in [0.717, 1.165) is 0 Å². The van der Waals surface area contributed by atoms with Gasteiger partial charge in [0.25, 0.3) is 0 Å². The Balaban J connectivity index is 2.13. The summed E-state index contributed by atoms with van der Waals surface area (Å²) in [6, 6.07) is 26.4. The monoisotopic (exact) mass is 457 g/mol. The maximum Gasteiger partial charge on any atom is 0.413 e. The van der Waals surface area contributed by atoms with Gasteiger partial charge < -0.3 is 13.7 Å². The van der Waals surface area contributed by atoms with Gasteiger partial charge in [-0.05, 0) is 42.1 Å². The fraction of sp³-hybridized carbons (Fsp3) is 0.115. The second kappa shape index (κ2) is 10.1. The van der Waals surface area contributed by atoms with Crippen molar-refractivity contribution in [1.82, 2.24) is 13.7 Å². The van der Waals surface area contributed by atoms with Gasteiger partial charge in [0.05, 0.1) is 0 Å². The van der Waals surface area contributed by atoms with Gasteiger partial charge in [0.15, 0.2) is 0 Å². The first-order chi connectivity index (χ1) is 15.8. The average Bonchev–Trinajstić information content (AvgIpc) is 2.89. The third-order valence-electron chi connectivity index (χ3n) is 5.73. The predicted molar refractivity (Wildman–Crippen MR) is 132 cm³/mol. The summed E-state index contributed by atoms with van der Waals surface area (Å²) in [6.45, 7) is 4.00. The van der Waals surface area contributed by atoms with Crippen LogP contribution in [-0.2, 0) is 0 Å². The lowest BCUT2D eigenvalue weighted by molar-refractivity contribution is 0.0764. The summed E-state index contributed by atoms with van der Waals surface area (Å²) in [7, 11) is 1.25. The molecule has 0 heterocycles. The van der Waals surface area contributed by atoms with E-state index in [2.05, 4.69) is 6.58 Å². The number of rotatable bonds is 7. The molecule has 3 aromatic carbocycles. The van der Waals surface area contributed by atoms with Gasteiger partial charge >= 0.3 is 8.56 Å². The van der Waals surface area contributed by atoms with Crippen molar-refractivity contribution in [2.75, 3.05) is 21.1 Å². The molecule has 0 radical (unpaired) electrons. The van der Waals surface area contributed by atoms with E-state index < -0.39 is 8.56 Å². The van der Waals surface area contributed by atoms with Crippen LogP contribution in [0.1, 0.15) is 31.1 Å². The molecule has 6 nitrogen and oxygen atoms in total. The molecule has 0 saturated heterocycles. The van der Waals surface area contributed by atoms with Crippen LogP contribution in [0.3, 0.4) is 0 Å². The Morgan fingerprint density at radius 1 is 0.576 bits per heavy atom. The van der Waals surface area contributed by atoms with Crippen molar-refractivity contribution in [3.05, 3.63) is 120 Å². The zero-order chi connectivity index (χ0) is 24.0. The van der Waals surface area contributed by atoms with E-state index >= 15 is 0 Å². The summed E-state index contributed by atoms with van der Waals surface area (Å²) in [5, 5.41) is 0. The van der Waals surface area contributed by atoms with Crippen LogP contribution in [0.5, 0.6) is 0 Å². The predicted octanol–water partition coefficient (Wildman–Crippen LogP) is 3.97. The normalized spacial score (nSPS) is 10.8. The molecule has 3 amide bonds. The number of carbonyl (C=O) groups excluding carboxylic acids is 3. The van der Waals surface area contributed by atoms with Crippen molar-refractivity contribution in [2.45, 2.75) is 0 Å². The zero-order valence-corrected chi connectivity index (χ0v) is 20.0. The molecule has 0 atom stereocenters. The molecular formula is C26H27N3O3Si. The Labute approximate surface area is 195 Å². The van der Waals surface area contributed by atoms with Crippen LogP contribution in [0.15, 0.2) is 103 Å². The Kier molecular flexibility index (Phi) is 7.25. The van der Waals surface area contributed by atoms with Gasteiger partial charge in [-0.15, -0.1) is 6.58 Å². The van der Waals surface area contributed by atoms with Crippen molar-refractivity contribution in [3.63, 3.8) is 0 Å². The van der Waals surface area contributed by atoms with E-state index in [1.54, 1.807) is 99.6 Å². The van der Waals surface area contributed by atoms with Crippen LogP contribution in [0.4, 0.5) is 0 Å². The van der Waals surface area contributed by atoms with E-state index in [-0.39, 0.29) is 17.7 Å². The average molecular weight is 458 g/mol. The Bertz CT molecular complexity index is 998. The van der Waals surface area contributed by atoms with Gasteiger partial charge in [-0.2, -0.15) is 0 Å². The highest BCUT2D eigenvalue weighted by Crippen LogP contribution is 2.24. The fourth-order valence-corrected chi connectivity index (χ4v) is 7.31. The molecule has 0 bridgehead atoms. The van der Waals surface area contributed by atoms with Gasteiger partial charge in [0, 0.05) is 37.8 Å². The molecule has 33 heavy (non-hydrogen) atoms. The van der Waals surface area contributed by atoms with Gasteiger partial charge in [-0.25, -0.2) is 0 Å². The van der Waals surface area contributed by atoms with Gasteiger partial charge in [0.1, 0.15) is 0 Å². The van der Waals surface area contributed by atoms with Crippen molar-refractivity contribution in [1.29, 1.82) is 0 Å². The van der Waals surface area contributed by atoms with Gasteiger partial charge in [0.2, 0.25) is 17.7 Å². The molecule has 168 valence electrons. The summed E-state index contributed by atoms with van der Waals surface area (Å²) >= 11 is 0. The van der Waals surface area contributed by atoms with E-state index in [4.69, 9.17) is 0 Å². The molecule has 3 rings (SSSR count). The van der Waals surface area contributed by atoms with E-state index in [1.807, 2.05) is 18.2 Å². The lowest BCUT2D eigenvalue weighted by atomic mass is 10.2. The number of amides is 3. The summed E-state index contributed by atoms with van der Waals surface area (Å²) in [5.74, 6) is -0.909. The summed E-state index contributed by atoms with van der Waals surface area (Å²) < 4.78 is 4.49. The molecule has 0 unspecified atom stereocenters. The zero-order valence-electron chi connectivity index (χ0n) is 19.0. The largest absolute Gasteiger partial charge is 0.413 e. The Morgan fingerprint density at radius 2 is 0.818 bits per heavy atom. The maximum absolute atomic E-state index is 13.5. The third-order valence-corrected chi connectivity index (χ3v) is 9.85. The molecule has 0 aliphatic heterocycles. The van der Waals surface area contributed by atoms with Crippen LogP contribution >= 0.6 is 0 Å². The summed E-state index contributed by atoms with van der Waals surface area (Å²) in [5.41, 5.74) is 2.95. The highest BCUT2D eigenvalue weighted by atomic mass is 28.4. The van der Waals surface area contributed by atoms with Crippen molar-refractivity contribution >= 4 is 26.3 Å². The Morgan fingerprint density at radius 3 is 1.03 bits per heavy atom. The minimum absolute atomic E-state index is 0.303. The van der Waals surface area contributed by atoms with Crippen LogP contribution in [-0.4, -0.2) is 61.1 Å². The molecule has 3 aromatic rings. The molecule has 0 aliphatic carbocycles. The Hall–Kier alpha value is -3.97. The highest BCUT2D eigenvalue weighted by molar-refractivity contribution is 6.82. The highest BCUT2D eigenvalue weighted by Gasteiger charge is 2.52. The lowest BCUT2D eigenvalue weighted by Crippen LogP contribution is -2.75. The van der Waals surface area contributed by atoms with Crippen LogP contribution < -0.4 is 0 Å². The molecule has 7 heteroatoms. The minimum atomic E-state index is -3.60. The standard InChI is InChI=1S/C26H27N3O3Si/c1-5-33(27(2)24(30)21-15-9-6-10-16-21,28(3)25(31)22-17-11-7-12-18-22)29(4)26(32)23-19-13-8-14-20-23/h5-20H,1H2,2-4H3. The second-order valence-electron chi connectivity index (χ2n) is 7.58. The molecule has 0 aromatic heterocycles. The molecule has 0 aliphatic rings. The van der Waals surface area contributed by atoms with E-state index in [0.29, 0.717) is 16.7 Å². The van der Waals surface area contributed by atoms with E-state index in [1.165, 1.54) is 13.7 Å². The van der Waals surface area contributed by atoms with Crippen molar-refractivity contribution in [2.24, 2.45) is 0 Å². The van der Waals surface area contributed by atoms with Crippen LogP contribution in [0.25, 0.3) is 0 Å². The number of nitrogens with zero attached hydrogens (tertiary/aromatic N) is 3. The SMILES string of the molecule is C=C[Si](N(C)C(=O)c1ccccc1)(N(C)C(=O)c1ccccc1)N(C)C(=O)c1ccccc1. The maximum atomic E-state index is 13.5. The lowest BCUT2D eigenvalue weighted by Gasteiger charge is -2.47. The van der Waals surface area contributed by atoms with Crippen molar-refractivity contribution in [3.8, 4) is 0 Å². The van der Waals surface area contributed by atoms with Gasteiger partial charge in [-0.3, -0.25) is 14.4 Å². The van der Waals surface area contributed by atoms with Crippen molar-refractivity contribution < 1.29 is 14.4 Å². The smallest absolute Gasteiger partial charge is 0.330 e. The first-order valence-corrected chi connectivity index (χ1v) is 12.4. The second-order valence-corrected chi connectivity index (χ2v) is 11.4. The molecule has 0 saturated carbocycles. The molecule has 0 fully saturated rings. The number of hydrogen-bond donors (Lipinski definition) is 0. The first kappa shape index (κ1) is 23.7. The topological polar surface area (TPSA) is 60.9 Å². The number of hydrogen-bond acceptors (Lipinski definition) is 3. The number of benzene rings is 3. The van der Waals surface area contributed by atoms with Crippen LogP contribution in [0, 0.1) is 0 Å². The summed E-state index contributed by atoms with van der Waals surface area (Å²) in [6.07, 6.45) is 0. The summed E-state index contributed by atoms with van der Waals surface area (Å²) in [4.78, 5) is 40.5. The quantitative estimate of drug-likeness (QED) is 0.505. The molecule has 0 spiro atoms. The minimum Gasteiger partial charge on any atom is -0.330 e. The third kappa shape index (κ3) is 4.49. The molecular weight excluding hydrogens is 430 g/mol. The van der Waals surface area contributed by atoms with Gasteiger partial charge in [-0.1, -0.05) is 54.6 Å². The van der Waals surface area contributed by atoms with Crippen LogP contribution in [0.2, 0.25) is 0 Å². The molecule has 0 N–H and O–H groups in total. The first-order valence-electron chi connectivity index (χ1n) is 10.5. The fourth-order valence-electron chi connectivity index (χ4n) is 3.86.